The van der Waals surface area contributed by atoms with Gasteiger partial charge in [0.1, 0.15) is 5.75 Å². The van der Waals surface area contributed by atoms with Gasteiger partial charge >= 0.3 is 0 Å². The van der Waals surface area contributed by atoms with Crippen molar-refractivity contribution >= 4 is 42.1 Å². The third kappa shape index (κ3) is 4.94. The van der Waals surface area contributed by atoms with Crippen LogP contribution in [0.3, 0.4) is 0 Å². The highest BCUT2D eigenvalue weighted by atomic mass is 35.5. The number of nitrogens with two attached hydrogens (primary N) is 1. The van der Waals surface area contributed by atoms with Gasteiger partial charge in [-0.15, -0.1) is 24.8 Å². The number of halogens is 2. The van der Waals surface area contributed by atoms with E-state index in [-0.39, 0.29) is 36.8 Å². The van der Waals surface area contributed by atoms with Gasteiger partial charge in [-0.25, -0.2) is 0 Å². The molecule has 1 saturated heterocycles. The Kier molecular flexibility index (Phi) is 7.87. The van der Waals surface area contributed by atoms with Crippen molar-refractivity contribution in [3.8, 4) is 5.75 Å². The number of nitrogens with one attached hydrogen (secondary N) is 1. The zero-order valence-corrected chi connectivity index (χ0v) is 15.6. The normalized spacial score (nSPS) is 15.7. The molecule has 7 heteroatoms. The molecule has 3 N–H and O–H groups in total. The summed E-state index contributed by atoms with van der Waals surface area (Å²) in [6.45, 7) is 1.66. The van der Waals surface area contributed by atoms with E-state index in [1.807, 2.05) is 24.3 Å². The van der Waals surface area contributed by atoms with Crippen LogP contribution in [0.5, 0.6) is 5.75 Å². The predicted molar refractivity (Wildman–Crippen MR) is 106 cm³/mol. The van der Waals surface area contributed by atoms with Gasteiger partial charge in [0.2, 0.25) is 0 Å². The molecular formula is C18H23Cl2N3O2. The molecule has 0 bridgehead atoms. The predicted octanol–water partition coefficient (Wildman–Crippen LogP) is 3.13. The van der Waals surface area contributed by atoms with Crippen LogP contribution in [-0.2, 0) is 0 Å². The number of nitrogen functional groups attached to an aromatic ring is 1. The lowest BCUT2D eigenvalue weighted by Crippen LogP contribution is -2.37. The van der Waals surface area contributed by atoms with Gasteiger partial charge in [-0.3, -0.25) is 4.79 Å². The molecule has 136 valence electrons. The Morgan fingerprint density at radius 3 is 2.68 bits per heavy atom. The Morgan fingerprint density at radius 1 is 1.20 bits per heavy atom. The second-order valence-electron chi connectivity index (χ2n) is 5.70. The SMILES string of the molecule is COc1ccccc1N1CCC(NC(=O)c2cccc(N)c2)C1.Cl.Cl. The van der Waals surface area contributed by atoms with Crippen LogP contribution in [0.4, 0.5) is 11.4 Å². The van der Waals surface area contributed by atoms with E-state index in [4.69, 9.17) is 10.5 Å². The first kappa shape index (κ1) is 20.9. The number of anilines is 2. The average molecular weight is 384 g/mol. The van der Waals surface area contributed by atoms with E-state index >= 15 is 0 Å². The molecule has 0 spiro atoms. The number of hydrogen-bond donors (Lipinski definition) is 2. The summed E-state index contributed by atoms with van der Waals surface area (Å²) in [6, 6.07) is 15.1. The third-order valence-electron chi connectivity index (χ3n) is 4.10. The maximum Gasteiger partial charge on any atom is 0.251 e. The molecule has 1 amide bonds. The lowest BCUT2D eigenvalue weighted by atomic mass is 10.1. The molecule has 5 nitrogen and oxygen atoms in total. The summed E-state index contributed by atoms with van der Waals surface area (Å²) in [5, 5.41) is 3.08. The van der Waals surface area contributed by atoms with Crippen LogP contribution >= 0.6 is 24.8 Å². The summed E-state index contributed by atoms with van der Waals surface area (Å²) in [7, 11) is 1.67. The maximum absolute atomic E-state index is 12.3. The molecule has 1 aliphatic rings. The van der Waals surface area contributed by atoms with E-state index in [2.05, 4.69) is 10.2 Å². The molecule has 0 aliphatic carbocycles. The van der Waals surface area contributed by atoms with E-state index in [0.29, 0.717) is 11.3 Å². The molecular weight excluding hydrogens is 361 g/mol. The molecule has 1 fully saturated rings. The third-order valence-corrected chi connectivity index (χ3v) is 4.10. The topological polar surface area (TPSA) is 67.6 Å². The van der Waals surface area contributed by atoms with Crippen molar-refractivity contribution in [2.45, 2.75) is 12.5 Å². The first-order valence-electron chi connectivity index (χ1n) is 7.72. The highest BCUT2D eigenvalue weighted by molar-refractivity contribution is 5.95. The van der Waals surface area contributed by atoms with E-state index in [1.165, 1.54) is 0 Å². The van der Waals surface area contributed by atoms with Crippen molar-refractivity contribution < 1.29 is 9.53 Å². The fraction of sp³-hybridized carbons (Fsp3) is 0.278. The van der Waals surface area contributed by atoms with Crippen LogP contribution in [0.1, 0.15) is 16.8 Å². The van der Waals surface area contributed by atoms with Crippen LogP contribution in [-0.4, -0.2) is 32.1 Å². The van der Waals surface area contributed by atoms with Gasteiger partial charge in [0.25, 0.3) is 5.91 Å². The molecule has 3 rings (SSSR count). The number of benzene rings is 2. The van der Waals surface area contributed by atoms with Crippen LogP contribution in [0.2, 0.25) is 0 Å². The molecule has 2 aromatic carbocycles. The second-order valence-corrected chi connectivity index (χ2v) is 5.70. The van der Waals surface area contributed by atoms with Gasteiger partial charge in [0.15, 0.2) is 0 Å². The fourth-order valence-corrected chi connectivity index (χ4v) is 2.94. The zero-order chi connectivity index (χ0) is 16.2. The Morgan fingerprint density at radius 2 is 1.96 bits per heavy atom. The van der Waals surface area contributed by atoms with Crippen LogP contribution in [0.15, 0.2) is 48.5 Å². The maximum atomic E-state index is 12.3. The summed E-state index contributed by atoms with van der Waals surface area (Å²) in [6.07, 6.45) is 0.909. The molecule has 0 aromatic heterocycles. The van der Waals surface area contributed by atoms with E-state index in [9.17, 15) is 4.79 Å². The Labute approximate surface area is 160 Å². The minimum Gasteiger partial charge on any atom is -0.495 e. The Bertz CT molecular complexity index is 712. The van der Waals surface area contributed by atoms with Crippen molar-refractivity contribution in [2.24, 2.45) is 0 Å². The van der Waals surface area contributed by atoms with Crippen molar-refractivity contribution in [2.75, 3.05) is 30.8 Å². The largest absolute Gasteiger partial charge is 0.495 e. The molecule has 0 radical (unpaired) electrons. The quantitative estimate of drug-likeness (QED) is 0.795. The van der Waals surface area contributed by atoms with Crippen molar-refractivity contribution in [1.82, 2.24) is 5.32 Å². The second kappa shape index (κ2) is 9.39. The molecule has 1 heterocycles. The van der Waals surface area contributed by atoms with E-state index in [0.717, 1.165) is 30.9 Å². The first-order chi connectivity index (χ1) is 11.2. The fourth-order valence-electron chi connectivity index (χ4n) is 2.94. The molecule has 1 unspecified atom stereocenters. The number of carbonyl (C=O) groups is 1. The number of rotatable bonds is 4. The molecule has 25 heavy (non-hydrogen) atoms. The van der Waals surface area contributed by atoms with Crippen LogP contribution in [0.25, 0.3) is 0 Å². The highest BCUT2D eigenvalue weighted by Gasteiger charge is 2.26. The van der Waals surface area contributed by atoms with Crippen LogP contribution in [0, 0.1) is 0 Å². The van der Waals surface area contributed by atoms with E-state index in [1.54, 1.807) is 31.4 Å². The minimum atomic E-state index is -0.0795. The Balaban J connectivity index is 0.00000156. The monoisotopic (exact) mass is 383 g/mol. The van der Waals surface area contributed by atoms with E-state index < -0.39 is 0 Å². The number of carbonyl (C=O) groups excluding carboxylic acids is 1. The smallest absolute Gasteiger partial charge is 0.251 e. The lowest BCUT2D eigenvalue weighted by Gasteiger charge is -2.21. The molecule has 2 aromatic rings. The number of methoxy groups -OCH3 is 1. The number of nitrogens with zero attached hydrogens (tertiary/aromatic N) is 1. The summed E-state index contributed by atoms with van der Waals surface area (Å²) >= 11 is 0. The van der Waals surface area contributed by atoms with Crippen molar-refractivity contribution in [3.05, 3.63) is 54.1 Å². The minimum absolute atomic E-state index is 0. The van der Waals surface area contributed by atoms with Gasteiger partial charge < -0.3 is 20.7 Å². The summed E-state index contributed by atoms with van der Waals surface area (Å²) in [5.74, 6) is 0.777. The number of hydrogen-bond acceptors (Lipinski definition) is 4. The molecule has 0 saturated carbocycles. The summed E-state index contributed by atoms with van der Waals surface area (Å²) in [4.78, 5) is 14.5. The number of amides is 1. The summed E-state index contributed by atoms with van der Waals surface area (Å²) < 4.78 is 5.41. The Hall–Kier alpha value is -2.11. The highest BCUT2D eigenvalue weighted by Crippen LogP contribution is 2.30. The van der Waals surface area contributed by atoms with Crippen molar-refractivity contribution in [3.63, 3.8) is 0 Å². The standard InChI is InChI=1S/C18H21N3O2.2ClH/c1-23-17-8-3-2-7-16(17)21-10-9-15(12-21)20-18(22)13-5-4-6-14(19)11-13;;/h2-8,11,15H,9-10,12,19H2,1H3,(H,20,22);2*1H. The average Bonchev–Trinajstić information content (AvgIpc) is 3.03. The lowest BCUT2D eigenvalue weighted by molar-refractivity contribution is 0.0940. The zero-order valence-electron chi connectivity index (χ0n) is 14.0. The number of para-hydroxylation sites is 2. The van der Waals surface area contributed by atoms with Gasteiger partial charge in [-0.2, -0.15) is 0 Å². The first-order valence-corrected chi connectivity index (χ1v) is 7.72. The van der Waals surface area contributed by atoms with Crippen molar-refractivity contribution in [1.29, 1.82) is 0 Å². The van der Waals surface area contributed by atoms with Crippen LogP contribution < -0.4 is 20.7 Å². The van der Waals surface area contributed by atoms with Gasteiger partial charge in [-0.05, 0) is 36.8 Å². The molecule has 1 aliphatic heterocycles. The van der Waals surface area contributed by atoms with Gasteiger partial charge in [0.05, 0.1) is 12.8 Å². The number of ether oxygens (including phenoxy) is 1. The van der Waals surface area contributed by atoms with Gasteiger partial charge in [0, 0.05) is 30.4 Å². The molecule has 1 atom stereocenters. The summed E-state index contributed by atoms with van der Waals surface area (Å²) in [5.41, 5.74) is 7.99. The van der Waals surface area contributed by atoms with Gasteiger partial charge in [-0.1, -0.05) is 18.2 Å².